The lowest BCUT2D eigenvalue weighted by Gasteiger charge is -2.09. The normalized spacial score (nSPS) is 21.8. The quantitative estimate of drug-likeness (QED) is 0.842. The molecule has 1 N–H and O–H groups in total. The maximum atomic E-state index is 5.52. The maximum Gasteiger partial charge on any atom is 0.316 e. The molecule has 1 aliphatic heterocycles. The van der Waals surface area contributed by atoms with Crippen molar-refractivity contribution in [1.29, 1.82) is 0 Å². The van der Waals surface area contributed by atoms with Gasteiger partial charge in [0.05, 0.1) is 4.47 Å². The van der Waals surface area contributed by atoms with E-state index in [1.54, 1.807) is 12.4 Å². The molecule has 2 rings (SSSR count). The number of hydrogen-bond acceptors (Lipinski definition) is 4. The van der Waals surface area contributed by atoms with Gasteiger partial charge >= 0.3 is 6.01 Å². The van der Waals surface area contributed by atoms with Crippen molar-refractivity contribution in [1.82, 2.24) is 15.3 Å². The molecule has 0 bridgehead atoms. The second kappa shape index (κ2) is 4.02. The third-order valence-electron chi connectivity index (χ3n) is 1.88. The molecule has 1 aromatic rings. The van der Waals surface area contributed by atoms with Crippen molar-refractivity contribution in [3.63, 3.8) is 0 Å². The highest BCUT2D eigenvalue weighted by atomic mass is 79.9. The molecular weight excluding hydrogens is 234 g/mol. The van der Waals surface area contributed by atoms with Gasteiger partial charge in [0.25, 0.3) is 0 Å². The van der Waals surface area contributed by atoms with E-state index in [1.807, 2.05) is 0 Å². The van der Waals surface area contributed by atoms with Crippen LogP contribution in [0.1, 0.15) is 6.42 Å². The summed E-state index contributed by atoms with van der Waals surface area (Å²) >= 11 is 3.27. The fourth-order valence-corrected chi connectivity index (χ4v) is 1.44. The molecule has 0 saturated carbocycles. The summed E-state index contributed by atoms with van der Waals surface area (Å²) in [6.07, 6.45) is 4.62. The number of rotatable bonds is 2. The number of hydrogen-bond donors (Lipinski definition) is 1. The van der Waals surface area contributed by atoms with Gasteiger partial charge in [0.2, 0.25) is 0 Å². The SMILES string of the molecule is Brc1cnc(OC2CCNC2)nc1. The van der Waals surface area contributed by atoms with E-state index in [2.05, 4.69) is 31.2 Å². The first-order valence-corrected chi connectivity index (χ1v) is 4.99. The standard InChI is InChI=1S/C8H10BrN3O/c9-6-3-11-8(12-4-6)13-7-1-2-10-5-7/h3-4,7,10H,1-2,5H2. The van der Waals surface area contributed by atoms with E-state index < -0.39 is 0 Å². The molecule has 2 heterocycles. The highest BCUT2D eigenvalue weighted by molar-refractivity contribution is 9.10. The number of nitrogens with zero attached hydrogens (tertiary/aromatic N) is 2. The molecule has 0 aromatic carbocycles. The number of aromatic nitrogens is 2. The van der Waals surface area contributed by atoms with Gasteiger partial charge in [-0.25, -0.2) is 9.97 Å². The lowest BCUT2D eigenvalue weighted by Crippen LogP contribution is -2.20. The van der Waals surface area contributed by atoms with Crippen molar-refractivity contribution in [2.24, 2.45) is 0 Å². The van der Waals surface area contributed by atoms with Crippen LogP contribution >= 0.6 is 15.9 Å². The molecule has 0 spiro atoms. The zero-order chi connectivity index (χ0) is 9.10. The van der Waals surface area contributed by atoms with Gasteiger partial charge in [0, 0.05) is 18.9 Å². The number of ether oxygens (including phenoxy) is 1. The lowest BCUT2D eigenvalue weighted by molar-refractivity contribution is 0.204. The summed E-state index contributed by atoms with van der Waals surface area (Å²) in [5, 5.41) is 3.21. The van der Waals surface area contributed by atoms with Crippen LogP contribution in [-0.4, -0.2) is 29.2 Å². The smallest absolute Gasteiger partial charge is 0.316 e. The van der Waals surface area contributed by atoms with Crippen LogP contribution in [0.3, 0.4) is 0 Å². The van der Waals surface area contributed by atoms with Crippen LogP contribution in [0.4, 0.5) is 0 Å². The first-order chi connectivity index (χ1) is 6.34. The minimum atomic E-state index is 0.223. The summed E-state index contributed by atoms with van der Waals surface area (Å²) in [5.74, 6) is 0. The Hall–Kier alpha value is -0.680. The fraction of sp³-hybridized carbons (Fsp3) is 0.500. The first kappa shape index (κ1) is 8.90. The van der Waals surface area contributed by atoms with E-state index in [1.165, 1.54) is 0 Å². The zero-order valence-corrected chi connectivity index (χ0v) is 8.62. The molecule has 0 amide bonds. The Morgan fingerprint density at radius 2 is 2.23 bits per heavy atom. The van der Waals surface area contributed by atoms with Gasteiger partial charge in [0.15, 0.2) is 0 Å². The van der Waals surface area contributed by atoms with Crippen molar-refractivity contribution in [3.8, 4) is 6.01 Å². The predicted molar refractivity (Wildman–Crippen MR) is 51.6 cm³/mol. The van der Waals surface area contributed by atoms with E-state index >= 15 is 0 Å². The number of halogens is 1. The first-order valence-electron chi connectivity index (χ1n) is 4.19. The molecule has 70 valence electrons. The van der Waals surface area contributed by atoms with Crippen LogP contribution in [0.5, 0.6) is 6.01 Å². The molecule has 1 aromatic heterocycles. The Morgan fingerprint density at radius 3 is 2.85 bits per heavy atom. The van der Waals surface area contributed by atoms with Crippen LogP contribution < -0.4 is 10.1 Å². The van der Waals surface area contributed by atoms with Gasteiger partial charge in [-0.1, -0.05) is 0 Å². The van der Waals surface area contributed by atoms with Gasteiger partial charge in [-0.15, -0.1) is 0 Å². The second-order valence-corrected chi connectivity index (χ2v) is 3.83. The highest BCUT2D eigenvalue weighted by Crippen LogP contribution is 2.11. The second-order valence-electron chi connectivity index (χ2n) is 2.92. The average molecular weight is 244 g/mol. The van der Waals surface area contributed by atoms with Crippen molar-refractivity contribution in [2.75, 3.05) is 13.1 Å². The van der Waals surface area contributed by atoms with Crippen molar-refractivity contribution in [3.05, 3.63) is 16.9 Å². The molecule has 1 fully saturated rings. The fourth-order valence-electron chi connectivity index (χ4n) is 1.24. The van der Waals surface area contributed by atoms with E-state index in [-0.39, 0.29) is 6.10 Å². The summed E-state index contributed by atoms with van der Waals surface area (Å²) in [4.78, 5) is 8.07. The summed E-state index contributed by atoms with van der Waals surface area (Å²) < 4.78 is 6.39. The minimum absolute atomic E-state index is 0.223. The zero-order valence-electron chi connectivity index (χ0n) is 7.03. The third-order valence-corrected chi connectivity index (χ3v) is 2.29. The Labute approximate surface area is 84.9 Å². The molecule has 1 saturated heterocycles. The molecule has 1 atom stereocenters. The molecule has 4 nitrogen and oxygen atoms in total. The maximum absolute atomic E-state index is 5.52. The highest BCUT2D eigenvalue weighted by Gasteiger charge is 2.16. The van der Waals surface area contributed by atoms with E-state index in [9.17, 15) is 0 Å². The molecule has 1 unspecified atom stereocenters. The average Bonchev–Trinajstić information content (AvgIpc) is 2.62. The Balaban J connectivity index is 1.97. The molecule has 0 radical (unpaired) electrons. The van der Waals surface area contributed by atoms with Crippen LogP contribution in [0.2, 0.25) is 0 Å². The molecule has 5 heteroatoms. The van der Waals surface area contributed by atoms with Crippen LogP contribution in [0.25, 0.3) is 0 Å². The largest absolute Gasteiger partial charge is 0.459 e. The lowest BCUT2D eigenvalue weighted by atomic mass is 10.3. The van der Waals surface area contributed by atoms with Crippen LogP contribution in [0.15, 0.2) is 16.9 Å². The van der Waals surface area contributed by atoms with Gasteiger partial charge in [-0.2, -0.15) is 0 Å². The number of nitrogens with one attached hydrogen (secondary N) is 1. The van der Waals surface area contributed by atoms with Crippen LogP contribution in [0, 0.1) is 0 Å². The van der Waals surface area contributed by atoms with Gasteiger partial charge in [-0.3, -0.25) is 0 Å². The van der Waals surface area contributed by atoms with Gasteiger partial charge in [-0.05, 0) is 28.9 Å². The Kier molecular flexibility index (Phi) is 2.75. The minimum Gasteiger partial charge on any atom is -0.459 e. The topological polar surface area (TPSA) is 47.0 Å². The van der Waals surface area contributed by atoms with Crippen molar-refractivity contribution >= 4 is 15.9 Å². The monoisotopic (exact) mass is 243 g/mol. The predicted octanol–water partition coefficient (Wildman–Crippen LogP) is 0.980. The van der Waals surface area contributed by atoms with E-state index in [0.29, 0.717) is 6.01 Å². The van der Waals surface area contributed by atoms with E-state index in [0.717, 1.165) is 24.0 Å². The van der Waals surface area contributed by atoms with Crippen molar-refractivity contribution < 1.29 is 4.74 Å². The molecule has 1 aliphatic rings. The molecule has 13 heavy (non-hydrogen) atoms. The Morgan fingerprint density at radius 1 is 1.46 bits per heavy atom. The third kappa shape index (κ3) is 2.38. The summed E-state index contributed by atoms with van der Waals surface area (Å²) in [6.45, 7) is 1.90. The summed E-state index contributed by atoms with van der Waals surface area (Å²) in [7, 11) is 0. The molecule has 0 aliphatic carbocycles. The summed E-state index contributed by atoms with van der Waals surface area (Å²) in [6, 6.07) is 0.455. The van der Waals surface area contributed by atoms with Gasteiger partial charge < -0.3 is 10.1 Å². The van der Waals surface area contributed by atoms with Crippen LogP contribution in [-0.2, 0) is 0 Å². The summed E-state index contributed by atoms with van der Waals surface area (Å²) in [5.41, 5.74) is 0. The van der Waals surface area contributed by atoms with Gasteiger partial charge in [0.1, 0.15) is 6.10 Å². The molecular formula is C8H10BrN3O. The van der Waals surface area contributed by atoms with Crippen molar-refractivity contribution in [2.45, 2.75) is 12.5 Å². The van der Waals surface area contributed by atoms with E-state index in [4.69, 9.17) is 4.74 Å². The Bertz CT molecular complexity index is 271.